The maximum absolute atomic E-state index is 4.47. The van der Waals surface area contributed by atoms with E-state index in [9.17, 15) is 0 Å². The van der Waals surface area contributed by atoms with Gasteiger partial charge in [0.1, 0.15) is 11.6 Å². The van der Waals surface area contributed by atoms with E-state index in [0.29, 0.717) is 6.67 Å². The standard InChI is InChI=1S/C13H23N5/c1-5-12-17-11(10(4)15-7-3)8-13(18-12)16-9-14-6-2/h8,14-15H,4-7,9H2,1-3H3,(H,16,17,18). The van der Waals surface area contributed by atoms with Crippen LogP contribution in [0.2, 0.25) is 0 Å². The summed E-state index contributed by atoms with van der Waals surface area (Å²) in [5.74, 6) is 1.66. The number of rotatable bonds is 8. The minimum Gasteiger partial charge on any atom is -0.384 e. The molecule has 0 aliphatic heterocycles. The van der Waals surface area contributed by atoms with Gasteiger partial charge in [0.25, 0.3) is 0 Å². The smallest absolute Gasteiger partial charge is 0.131 e. The number of nitrogens with one attached hydrogen (secondary N) is 3. The zero-order valence-corrected chi connectivity index (χ0v) is 11.5. The molecule has 0 atom stereocenters. The molecule has 0 amide bonds. The van der Waals surface area contributed by atoms with Crippen molar-refractivity contribution in [3.05, 3.63) is 24.2 Å². The molecule has 100 valence electrons. The van der Waals surface area contributed by atoms with Gasteiger partial charge in [-0.1, -0.05) is 20.4 Å². The predicted molar refractivity (Wildman–Crippen MR) is 76.3 cm³/mol. The van der Waals surface area contributed by atoms with E-state index in [-0.39, 0.29) is 0 Å². The second-order valence-electron chi connectivity index (χ2n) is 3.87. The molecule has 0 saturated carbocycles. The summed E-state index contributed by atoms with van der Waals surface area (Å²) in [6.45, 7) is 12.6. The molecule has 5 nitrogen and oxygen atoms in total. The Morgan fingerprint density at radius 2 is 2.00 bits per heavy atom. The van der Waals surface area contributed by atoms with Gasteiger partial charge >= 0.3 is 0 Å². The molecular weight excluding hydrogens is 226 g/mol. The molecule has 0 aromatic carbocycles. The van der Waals surface area contributed by atoms with Crippen LogP contribution in [0.25, 0.3) is 5.70 Å². The second-order valence-corrected chi connectivity index (χ2v) is 3.87. The van der Waals surface area contributed by atoms with E-state index in [2.05, 4.69) is 39.4 Å². The Kier molecular flexibility index (Phi) is 6.14. The molecule has 1 aromatic rings. The third-order valence-electron chi connectivity index (χ3n) is 2.43. The Labute approximate surface area is 109 Å². The molecule has 0 aliphatic rings. The van der Waals surface area contributed by atoms with Crippen molar-refractivity contribution in [3.8, 4) is 0 Å². The van der Waals surface area contributed by atoms with Crippen LogP contribution in [0.3, 0.4) is 0 Å². The van der Waals surface area contributed by atoms with Crippen molar-refractivity contribution >= 4 is 11.5 Å². The molecule has 0 saturated heterocycles. The lowest BCUT2D eigenvalue weighted by Crippen LogP contribution is -2.22. The van der Waals surface area contributed by atoms with Crippen molar-refractivity contribution in [2.45, 2.75) is 27.2 Å². The summed E-state index contributed by atoms with van der Waals surface area (Å²) >= 11 is 0. The lowest BCUT2D eigenvalue weighted by molar-refractivity contribution is 0.765. The predicted octanol–water partition coefficient (Wildman–Crippen LogP) is 1.60. The third kappa shape index (κ3) is 4.33. The number of hydrogen-bond donors (Lipinski definition) is 3. The van der Waals surface area contributed by atoms with Crippen LogP contribution < -0.4 is 16.0 Å². The fourth-order valence-corrected chi connectivity index (χ4v) is 1.48. The summed E-state index contributed by atoms with van der Waals surface area (Å²) in [5, 5.41) is 9.60. The number of aromatic nitrogens is 2. The topological polar surface area (TPSA) is 61.9 Å². The van der Waals surface area contributed by atoms with Gasteiger partial charge in [-0.05, 0) is 13.5 Å². The summed E-state index contributed by atoms with van der Waals surface area (Å²) in [4.78, 5) is 8.90. The fraction of sp³-hybridized carbons (Fsp3) is 0.538. The van der Waals surface area contributed by atoms with E-state index in [4.69, 9.17) is 0 Å². The maximum Gasteiger partial charge on any atom is 0.131 e. The first-order valence-electron chi connectivity index (χ1n) is 6.46. The summed E-state index contributed by atoms with van der Waals surface area (Å²) < 4.78 is 0. The van der Waals surface area contributed by atoms with Gasteiger partial charge in [0.05, 0.1) is 18.1 Å². The average molecular weight is 249 g/mol. The minimum absolute atomic E-state index is 0.698. The lowest BCUT2D eigenvalue weighted by atomic mass is 10.3. The zero-order valence-electron chi connectivity index (χ0n) is 11.5. The molecular formula is C13H23N5. The van der Waals surface area contributed by atoms with E-state index in [1.807, 2.05) is 19.9 Å². The van der Waals surface area contributed by atoms with Crippen LogP contribution >= 0.6 is 0 Å². The number of anilines is 1. The van der Waals surface area contributed by atoms with Gasteiger partial charge in [0, 0.05) is 19.0 Å². The lowest BCUT2D eigenvalue weighted by Gasteiger charge is -2.11. The molecule has 18 heavy (non-hydrogen) atoms. The van der Waals surface area contributed by atoms with Gasteiger partial charge in [-0.25, -0.2) is 9.97 Å². The highest BCUT2D eigenvalue weighted by Crippen LogP contribution is 2.12. The molecule has 0 spiro atoms. The van der Waals surface area contributed by atoms with E-state index in [0.717, 1.165) is 42.5 Å². The molecule has 0 aliphatic carbocycles. The first-order valence-corrected chi connectivity index (χ1v) is 6.46. The van der Waals surface area contributed by atoms with E-state index in [1.54, 1.807) is 0 Å². The second kappa shape index (κ2) is 7.66. The average Bonchev–Trinajstić information content (AvgIpc) is 2.39. The monoisotopic (exact) mass is 249 g/mol. The van der Waals surface area contributed by atoms with Crippen LogP contribution in [-0.2, 0) is 6.42 Å². The van der Waals surface area contributed by atoms with Gasteiger partial charge in [-0.3, -0.25) is 0 Å². The number of nitrogens with zero attached hydrogens (tertiary/aromatic N) is 2. The zero-order chi connectivity index (χ0) is 13.4. The van der Waals surface area contributed by atoms with Crippen molar-refractivity contribution in [3.63, 3.8) is 0 Å². The Bertz CT molecular complexity index is 389. The van der Waals surface area contributed by atoms with E-state index in [1.165, 1.54) is 0 Å². The SMILES string of the molecule is C=C(NCC)c1cc(NCNCC)nc(CC)n1. The van der Waals surface area contributed by atoms with Crippen LogP contribution in [0, 0.1) is 0 Å². The van der Waals surface area contributed by atoms with Crippen LogP contribution in [0.5, 0.6) is 0 Å². The van der Waals surface area contributed by atoms with Crippen LogP contribution in [0.15, 0.2) is 12.6 Å². The Morgan fingerprint density at radius 3 is 2.61 bits per heavy atom. The molecule has 0 radical (unpaired) electrons. The van der Waals surface area contributed by atoms with Crippen LogP contribution in [-0.4, -0.2) is 29.7 Å². The summed E-state index contributed by atoms with van der Waals surface area (Å²) in [6.07, 6.45) is 0.809. The van der Waals surface area contributed by atoms with Gasteiger partial charge < -0.3 is 16.0 Å². The number of aryl methyl sites for hydroxylation is 1. The summed E-state index contributed by atoms with van der Waals surface area (Å²) in [7, 11) is 0. The molecule has 5 heteroatoms. The number of hydrogen-bond acceptors (Lipinski definition) is 5. The Hall–Kier alpha value is -1.62. The van der Waals surface area contributed by atoms with Crippen LogP contribution in [0.4, 0.5) is 5.82 Å². The molecule has 3 N–H and O–H groups in total. The van der Waals surface area contributed by atoms with Crippen molar-refractivity contribution < 1.29 is 0 Å². The highest BCUT2D eigenvalue weighted by molar-refractivity contribution is 5.60. The molecule has 1 rings (SSSR count). The van der Waals surface area contributed by atoms with Crippen LogP contribution in [0.1, 0.15) is 32.3 Å². The molecule has 0 unspecified atom stereocenters. The minimum atomic E-state index is 0.698. The van der Waals surface area contributed by atoms with Crippen molar-refractivity contribution in [2.24, 2.45) is 0 Å². The fourth-order valence-electron chi connectivity index (χ4n) is 1.48. The van der Waals surface area contributed by atoms with Gasteiger partial charge in [-0.15, -0.1) is 0 Å². The normalized spacial score (nSPS) is 10.2. The Morgan fingerprint density at radius 1 is 1.22 bits per heavy atom. The summed E-state index contributed by atoms with van der Waals surface area (Å²) in [6, 6.07) is 1.92. The van der Waals surface area contributed by atoms with E-state index >= 15 is 0 Å². The van der Waals surface area contributed by atoms with Crippen molar-refractivity contribution in [2.75, 3.05) is 25.1 Å². The highest BCUT2D eigenvalue weighted by Gasteiger charge is 2.05. The molecule has 1 heterocycles. The highest BCUT2D eigenvalue weighted by atomic mass is 15.1. The van der Waals surface area contributed by atoms with Gasteiger partial charge in [0.2, 0.25) is 0 Å². The maximum atomic E-state index is 4.47. The first-order chi connectivity index (χ1) is 8.71. The van der Waals surface area contributed by atoms with E-state index < -0.39 is 0 Å². The molecule has 0 fully saturated rings. The first kappa shape index (κ1) is 14.4. The largest absolute Gasteiger partial charge is 0.384 e. The molecule has 1 aromatic heterocycles. The van der Waals surface area contributed by atoms with Crippen molar-refractivity contribution in [1.29, 1.82) is 0 Å². The molecule has 0 bridgehead atoms. The summed E-state index contributed by atoms with van der Waals surface area (Å²) in [5.41, 5.74) is 1.68. The van der Waals surface area contributed by atoms with Crippen molar-refractivity contribution in [1.82, 2.24) is 20.6 Å². The third-order valence-corrected chi connectivity index (χ3v) is 2.43. The van der Waals surface area contributed by atoms with Gasteiger partial charge in [-0.2, -0.15) is 0 Å². The Balaban J connectivity index is 2.83. The quantitative estimate of drug-likeness (QED) is 0.482. The van der Waals surface area contributed by atoms with Gasteiger partial charge in [0.15, 0.2) is 0 Å².